The maximum atomic E-state index is 5.20. The van der Waals surface area contributed by atoms with E-state index in [1.165, 1.54) is 22.3 Å². The number of benzene rings is 9. The Hall–Kier alpha value is -8.54. The number of nitrogens with zero attached hydrogens (tertiary/aromatic N) is 5. The highest BCUT2D eigenvalue weighted by atomic mass is 15.1. The summed E-state index contributed by atoms with van der Waals surface area (Å²) < 4.78 is 0. The quantitative estimate of drug-likeness (QED) is 0.145. The van der Waals surface area contributed by atoms with E-state index in [2.05, 4.69) is 233 Å². The Balaban J connectivity index is 0.873. The second kappa shape index (κ2) is 17.4. The van der Waals surface area contributed by atoms with Crippen molar-refractivity contribution in [2.75, 3.05) is 4.90 Å². The third-order valence-electron chi connectivity index (χ3n) is 12.9. The van der Waals surface area contributed by atoms with Crippen LogP contribution in [0.3, 0.4) is 0 Å². The average Bonchev–Trinajstić information content (AvgIpc) is 3.38. The fourth-order valence-electron chi connectivity index (χ4n) is 8.89. The number of rotatable bonds is 9. The van der Waals surface area contributed by atoms with Crippen LogP contribution in [0, 0.1) is 27.7 Å². The third-order valence-corrected chi connectivity index (χ3v) is 12.9. The molecule has 0 unspecified atom stereocenters. The maximum absolute atomic E-state index is 5.20. The van der Waals surface area contributed by atoms with Crippen molar-refractivity contribution in [2.24, 2.45) is 0 Å². The SMILES string of the molecule is Cc1cc2nc(-c3ccccc3)c(-c3ccc(-c4ccc(N(c5ccccc5)c5ccc(-c6ccc(-c7nc8cc(C)c(C)cc8nc7-c7ccccc7)cc6)cc5)cc4)cc3)nc2cc1C. The van der Waals surface area contributed by atoms with E-state index in [1.807, 2.05) is 12.1 Å². The van der Waals surface area contributed by atoms with Crippen LogP contribution in [0.1, 0.15) is 22.3 Å². The lowest BCUT2D eigenvalue weighted by molar-refractivity contribution is 1.26. The fourth-order valence-corrected chi connectivity index (χ4v) is 8.89. The normalized spacial score (nSPS) is 11.3. The molecule has 320 valence electrons. The Morgan fingerprint density at radius 1 is 0.239 bits per heavy atom. The van der Waals surface area contributed by atoms with E-state index in [4.69, 9.17) is 19.9 Å². The Labute approximate surface area is 391 Å². The van der Waals surface area contributed by atoms with Gasteiger partial charge < -0.3 is 4.90 Å². The zero-order valence-corrected chi connectivity index (χ0v) is 37.9. The van der Waals surface area contributed by atoms with Gasteiger partial charge in [0, 0.05) is 39.3 Å². The van der Waals surface area contributed by atoms with E-state index in [0.29, 0.717) is 0 Å². The highest BCUT2D eigenvalue weighted by molar-refractivity contribution is 5.89. The molecule has 2 aromatic heterocycles. The van der Waals surface area contributed by atoms with Gasteiger partial charge in [-0.15, -0.1) is 0 Å². The molecule has 67 heavy (non-hydrogen) atoms. The molecule has 0 saturated heterocycles. The summed E-state index contributed by atoms with van der Waals surface area (Å²) in [7, 11) is 0. The van der Waals surface area contributed by atoms with E-state index in [1.54, 1.807) is 0 Å². The van der Waals surface area contributed by atoms with Gasteiger partial charge >= 0.3 is 0 Å². The molecular formula is C62H47N5. The minimum absolute atomic E-state index is 0.879. The molecule has 9 aromatic carbocycles. The van der Waals surface area contributed by atoms with Crippen molar-refractivity contribution < 1.29 is 0 Å². The lowest BCUT2D eigenvalue weighted by atomic mass is 9.99. The molecule has 0 saturated carbocycles. The minimum atomic E-state index is 0.879. The summed E-state index contributed by atoms with van der Waals surface area (Å²) in [4.78, 5) is 23.0. The average molecular weight is 862 g/mol. The number of fused-ring (bicyclic) bond motifs is 2. The molecule has 11 rings (SSSR count). The Morgan fingerprint density at radius 3 is 0.761 bits per heavy atom. The summed E-state index contributed by atoms with van der Waals surface area (Å²) in [5.74, 6) is 0. The lowest BCUT2D eigenvalue weighted by Gasteiger charge is -2.26. The summed E-state index contributed by atoms with van der Waals surface area (Å²) in [5.41, 5.74) is 23.9. The molecule has 11 aromatic rings. The summed E-state index contributed by atoms with van der Waals surface area (Å²) in [6, 6.07) is 74.9. The largest absolute Gasteiger partial charge is 0.311 e. The van der Waals surface area contributed by atoms with Gasteiger partial charge in [0.2, 0.25) is 0 Å². The van der Waals surface area contributed by atoms with Gasteiger partial charge in [-0.25, -0.2) is 19.9 Å². The monoisotopic (exact) mass is 861 g/mol. The zero-order chi connectivity index (χ0) is 45.4. The maximum Gasteiger partial charge on any atom is 0.0973 e. The van der Waals surface area contributed by atoms with Crippen molar-refractivity contribution in [2.45, 2.75) is 27.7 Å². The van der Waals surface area contributed by atoms with Crippen molar-refractivity contribution in [3.8, 4) is 67.3 Å². The second-order valence-electron chi connectivity index (χ2n) is 17.3. The van der Waals surface area contributed by atoms with Gasteiger partial charge in [-0.3, -0.25) is 0 Å². The standard InChI is InChI=1S/C62H47N5/c1-40-36-55-57(38-42(40)3)65-61(59(63-55)48-14-8-5-9-15-48)50-24-20-44(21-25-50)46-28-32-53(33-29-46)67(52-18-12-7-13-19-52)54-34-30-47(31-35-54)45-22-26-51(27-23-45)62-60(49-16-10-6-11-17-49)64-56-37-41(2)43(4)39-58(56)66-62/h5-39H,1-4H3. The van der Waals surface area contributed by atoms with Crippen LogP contribution in [0.2, 0.25) is 0 Å². The Kier molecular flexibility index (Phi) is 10.7. The van der Waals surface area contributed by atoms with E-state index in [0.717, 1.165) is 106 Å². The highest BCUT2D eigenvalue weighted by Gasteiger charge is 2.18. The van der Waals surface area contributed by atoms with E-state index in [-0.39, 0.29) is 0 Å². The fraction of sp³-hybridized carbons (Fsp3) is 0.0645. The van der Waals surface area contributed by atoms with Gasteiger partial charge in [-0.2, -0.15) is 0 Å². The number of anilines is 3. The van der Waals surface area contributed by atoms with E-state index >= 15 is 0 Å². The van der Waals surface area contributed by atoms with E-state index < -0.39 is 0 Å². The molecule has 5 nitrogen and oxygen atoms in total. The first-order valence-corrected chi connectivity index (χ1v) is 22.8. The van der Waals surface area contributed by atoms with Crippen LogP contribution >= 0.6 is 0 Å². The minimum Gasteiger partial charge on any atom is -0.311 e. The van der Waals surface area contributed by atoms with E-state index in [9.17, 15) is 0 Å². The molecule has 5 heteroatoms. The van der Waals surface area contributed by atoms with Crippen LogP contribution < -0.4 is 4.90 Å². The summed E-state index contributed by atoms with van der Waals surface area (Å²) in [6.07, 6.45) is 0. The summed E-state index contributed by atoms with van der Waals surface area (Å²) in [6.45, 7) is 8.51. The molecule has 0 aliphatic carbocycles. The predicted molar refractivity (Wildman–Crippen MR) is 279 cm³/mol. The highest BCUT2D eigenvalue weighted by Crippen LogP contribution is 2.39. The molecule has 0 spiro atoms. The number of hydrogen-bond acceptors (Lipinski definition) is 5. The van der Waals surface area contributed by atoms with Gasteiger partial charge in [0.15, 0.2) is 0 Å². The molecule has 2 heterocycles. The van der Waals surface area contributed by atoms with Crippen molar-refractivity contribution in [3.05, 3.63) is 235 Å². The smallest absolute Gasteiger partial charge is 0.0973 e. The number of para-hydroxylation sites is 1. The lowest BCUT2D eigenvalue weighted by Crippen LogP contribution is -2.09. The second-order valence-corrected chi connectivity index (χ2v) is 17.3. The number of aryl methyl sites for hydroxylation is 4. The topological polar surface area (TPSA) is 54.8 Å². The van der Waals surface area contributed by atoms with Gasteiger partial charge in [-0.1, -0.05) is 152 Å². The van der Waals surface area contributed by atoms with Crippen LogP contribution in [-0.4, -0.2) is 19.9 Å². The summed E-state index contributed by atoms with van der Waals surface area (Å²) >= 11 is 0. The van der Waals surface area contributed by atoms with Crippen molar-refractivity contribution in [1.82, 2.24) is 19.9 Å². The van der Waals surface area contributed by atoms with Crippen LogP contribution in [0.25, 0.3) is 89.4 Å². The van der Waals surface area contributed by atoms with Crippen molar-refractivity contribution in [3.63, 3.8) is 0 Å². The Morgan fingerprint density at radius 2 is 0.463 bits per heavy atom. The molecule has 0 bridgehead atoms. The summed E-state index contributed by atoms with van der Waals surface area (Å²) in [5, 5.41) is 0. The van der Waals surface area contributed by atoms with Crippen LogP contribution in [0.4, 0.5) is 17.1 Å². The zero-order valence-electron chi connectivity index (χ0n) is 37.9. The number of hydrogen-bond donors (Lipinski definition) is 0. The first-order chi connectivity index (χ1) is 32.8. The molecule has 0 N–H and O–H groups in total. The first kappa shape index (κ1) is 41.2. The van der Waals surface area contributed by atoms with Crippen molar-refractivity contribution in [1.29, 1.82) is 0 Å². The van der Waals surface area contributed by atoms with Crippen LogP contribution in [-0.2, 0) is 0 Å². The van der Waals surface area contributed by atoms with Gasteiger partial charge in [0.25, 0.3) is 0 Å². The van der Waals surface area contributed by atoms with Crippen LogP contribution in [0.15, 0.2) is 212 Å². The molecule has 0 fully saturated rings. The predicted octanol–water partition coefficient (Wildman–Crippen LogP) is 16.3. The molecule has 0 amide bonds. The van der Waals surface area contributed by atoms with Gasteiger partial charge in [-0.05, 0) is 133 Å². The molecule has 0 atom stereocenters. The third kappa shape index (κ3) is 8.13. The molecule has 0 aliphatic heterocycles. The Bertz CT molecular complexity index is 3330. The molecule has 0 radical (unpaired) electrons. The molecular weight excluding hydrogens is 815 g/mol. The number of aromatic nitrogens is 4. The molecule has 0 aliphatic rings. The first-order valence-electron chi connectivity index (χ1n) is 22.8. The van der Waals surface area contributed by atoms with Gasteiger partial charge in [0.05, 0.1) is 44.8 Å². The van der Waals surface area contributed by atoms with Crippen LogP contribution in [0.5, 0.6) is 0 Å². The van der Waals surface area contributed by atoms with Gasteiger partial charge in [0.1, 0.15) is 0 Å². The van der Waals surface area contributed by atoms with Crippen molar-refractivity contribution >= 4 is 39.1 Å².